The molecule has 0 aromatic heterocycles. The number of nitrogens with one attached hydrogen (secondary N) is 2. The maximum atomic E-state index is 5.47. The minimum Gasteiger partial charge on any atom is -0.359 e. The molecule has 1 aromatic carbocycles. The van der Waals surface area contributed by atoms with Crippen molar-refractivity contribution < 1.29 is 0 Å². The maximum absolute atomic E-state index is 5.47. The van der Waals surface area contributed by atoms with Gasteiger partial charge >= 0.3 is 0 Å². The van der Waals surface area contributed by atoms with Crippen LogP contribution in [0.1, 0.15) is 40.0 Å². The number of hydrogen-bond acceptors (Lipinski definition) is 1. The highest BCUT2D eigenvalue weighted by molar-refractivity contribution is 7.80. The van der Waals surface area contributed by atoms with Crippen LogP contribution in [-0.4, -0.2) is 11.2 Å². The van der Waals surface area contributed by atoms with E-state index in [2.05, 4.69) is 31.4 Å². The molecule has 3 heteroatoms. The number of anilines is 1. The predicted molar refractivity (Wildman–Crippen MR) is 90.9 cm³/mol. The fourth-order valence-electron chi connectivity index (χ4n) is 3.23. The van der Waals surface area contributed by atoms with Gasteiger partial charge in [-0.3, -0.25) is 0 Å². The molecule has 0 spiro atoms. The van der Waals surface area contributed by atoms with E-state index < -0.39 is 0 Å². The highest BCUT2D eigenvalue weighted by atomic mass is 32.1. The molecule has 1 aliphatic rings. The van der Waals surface area contributed by atoms with Crippen LogP contribution in [0.25, 0.3) is 0 Å². The van der Waals surface area contributed by atoms with Gasteiger partial charge in [0.2, 0.25) is 0 Å². The predicted octanol–water partition coefficient (Wildman–Crippen LogP) is 4.43. The molecule has 20 heavy (non-hydrogen) atoms. The lowest BCUT2D eigenvalue weighted by Crippen LogP contribution is -2.47. The lowest BCUT2D eigenvalue weighted by atomic mass is 9.74. The van der Waals surface area contributed by atoms with Crippen LogP contribution in [0.4, 0.5) is 5.69 Å². The van der Waals surface area contributed by atoms with Crippen molar-refractivity contribution in [2.24, 2.45) is 17.8 Å². The van der Waals surface area contributed by atoms with E-state index in [9.17, 15) is 0 Å². The number of rotatable bonds is 3. The normalized spacial score (nSPS) is 26.3. The van der Waals surface area contributed by atoms with Crippen LogP contribution in [0.5, 0.6) is 0 Å². The minimum absolute atomic E-state index is 0.502. The van der Waals surface area contributed by atoms with Gasteiger partial charge in [0, 0.05) is 11.7 Å². The number of thiocarbonyl (C=S) groups is 1. The average Bonchev–Trinajstić information content (AvgIpc) is 2.39. The second kappa shape index (κ2) is 7.07. The Hall–Kier alpha value is -1.09. The standard InChI is InChI=1S/C17H26N2S/c1-12(2)15-10-9-13(3)11-16(15)19-17(20)18-14-7-5-4-6-8-14/h4-8,12-13,15-16H,9-11H2,1-3H3,(H2,18,19,20)/t13-,15+,16+/m1/s1. The van der Waals surface area contributed by atoms with E-state index in [4.69, 9.17) is 12.2 Å². The molecule has 0 aliphatic heterocycles. The summed E-state index contributed by atoms with van der Waals surface area (Å²) in [6, 6.07) is 10.6. The molecule has 1 aromatic rings. The molecule has 2 rings (SSSR count). The smallest absolute Gasteiger partial charge is 0.171 e. The molecule has 110 valence electrons. The van der Waals surface area contributed by atoms with E-state index in [0.717, 1.165) is 22.6 Å². The van der Waals surface area contributed by atoms with Gasteiger partial charge in [0.15, 0.2) is 5.11 Å². The zero-order chi connectivity index (χ0) is 14.5. The monoisotopic (exact) mass is 290 g/mol. The minimum atomic E-state index is 0.502. The van der Waals surface area contributed by atoms with Gasteiger partial charge in [0.25, 0.3) is 0 Å². The fourth-order valence-corrected chi connectivity index (χ4v) is 3.49. The summed E-state index contributed by atoms with van der Waals surface area (Å²) in [6.45, 7) is 6.99. The molecule has 1 aliphatic carbocycles. The van der Waals surface area contributed by atoms with E-state index in [1.807, 2.05) is 30.3 Å². The van der Waals surface area contributed by atoms with Crippen LogP contribution >= 0.6 is 12.2 Å². The van der Waals surface area contributed by atoms with E-state index in [1.54, 1.807) is 0 Å². The lowest BCUT2D eigenvalue weighted by molar-refractivity contribution is 0.186. The maximum Gasteiger partial charge on any atom is 0.171 e. The van der Waals surface area contributed by atoms with Gasteiger partial charge in [-0.15, -0.1) is 0 Å². The van der Waals surface area contributed by atoms with Gasteiger partial charge in [-0.2, -0.15) is 0 Å². The summed E-state index contributed by atoms with van der Waals surface area (Å²) in [4.78, 5) is 0. The molecule has 2 N–H and O–H groups in total. The molecule has 0 heterocycles. The summed E-state index contributed by atoms with van der Waals surface area (Å²) in [6.07, 6.45) is 3.88. The average molecular weight is 290 g/mol. The second-order valence-electron chi connectivity index (χ2n) is 6.40. The fraction of sp³-hybridized carbons (Fsp3) is 0.588. The quantitative estimate of drug-likeness (QED) is 0.805. The van der Waals surface area contributed by atoms with E-state index in [1.165, 1.54) is 19.3 Å². The summed E-state index contributed by atoms with van der Waals surface area (Å²) >= 11 is 5.47. The molecule has 3 atom stereocenters. The first-order valence-electron chi connectivity index (χ1n) is 7.69. The molecular weight excluding hydrogens is 264 g/mol. The Morgan fingerprint density at radius 2 is 1.90 bits per heavy atom. The Labute approximate surface area is 128 Å². The van der Waals surface area contributed by atoms with Crippen molar-refractivity contribution in [1.82, 2.24) is 5.32 Å². The highest BCUT2D eigenvalue weighted by Crippen LogP contribution is 2.33. The van der Waals surface area contributed by atoms with Crippen molar-refractivity contribution in [2.75, 3.05) is 5.32 Å². The van der Waals surface area contributed by atoms with Gasteiger partial charge in [-0.25, -0.2) is 0 Å². The van der Waals surface area contributed by atoms with Crippen LogP contribution in [0.2, 0.25) is 0 Å². The number of benzene rings is 1. The molecule has 1 fully saturated rings. The molecule has 0 bridgehead atoms. The third-order valence-electron chi connectivity index (χ3n) is 4.37. The molecule has 1 saturated carbocycles. The van der Waals surface area contributed by atoms with Gasteiger partial charge in [0.1, 0.15) is 0 Å². The van der Waals surface area contributed by atoms with E-state index >= 15 is 0 Å². The van der Waals surface area contributed by atoms with Crippen molar-refractivity contribution >= 4 is 23.0 Å². The van der Waals surface area contributed by atoms with Crippen LogP contribution in [0, 0.1) is 17.8 Å². The molecule has 0 amide bonds. The van der Waals surface area contributed by atoms with Crippen LogP contribution in [-0.2, 0) is 0 Å². The Balaban J connectivity index is 1.94. The summed E-state index contributed by atoms with van der Waals surface area (Å²) < 4.78 is 0. The van der Waals surface area contributed by atoms with Crippen molar-refractivity contribution in [1.29, 1.82) is 0 Å². The van der Waals surface area contributed by atoms with Gasteiger partial charge in [-0.05, 0) is 54.9 Å². The van der Waals surface area contributed by atoms with E-state index in [-0.39, 0.29) is 0 Å². The molecular formula is C17H26N2S. The van der Waals surface area contributed by atoms with Gasteiger partial charge < -0.3 is 10.6 Å². The lowest BCUT2D eigenvalue weighted by Gasteiger charge is -2.38. The van der Waals surface area contributed by atoms with Crippen molar-refractivity contribution in [3.8, 4) is 0 Å². The highest BCUT2D eigenvalue weighted by Gasteiger charge is 2.30. The molecule has 2 nitrogen and oxygen atoms in total. The van der Waals surface area contributed by atoms with Crippen LogP contribution < -0.4 is 10.6 Å². The first-order valence-corrected chi connectivity index (χ1v) is 8.09. The third kappa shape index (κ3) is 4.20. The van der Waals surface area contributed by atoms with Crippen LogP contribution in [0.15, 0.2) is 30.3 Å². The van der Waals surface area contributed by atoms with E-state index in [0.29, 0.717) is 12.0 Å². The molecule has 0 unspecified atom stereocenters. The zero-order valence-electron chi connectivity index (χ0n) is 12.7. The first kappa shape index (κ1) is 15.3. The number of hydrogen-bond donors (Lipinski definition) is 2. The van der Waals surface area contributed by atoms with Gasteiger partial charge in [0.05, 0.1) is 0 Å². The van der Waals surface area contributed by atoms with Crippen LogP contribution in [0.3, 0.4) is 0 Å². The Morgan fingerprint density at radius 3 is 2.55 bits per heavy atom. The molecule has 0 saturated heterocycles. The third-order valence-corrected chi connectivity index (χ3v) is 4.59. The summed E-state index contributed by atoms with van der Waals surface area (Å²) in [5, 5.41) is 7.58. The first-order chi connectivity index (χ1) is 9.56. The second-order valence-corrected chi connectivity index (χ2v) is 6.81. The van der Waals surface area contributed by atoms with Gasteiger partial charge in [-0.1, -0.05) is 45.4 Å². The largest absolute Gasteiger partial charge is 0.359 e. The van der Waals surface area contributed by atoms with Crippen molar-refractivity contribution in [3.05, 3.63) is 30.3 Å². The topological polar surface area (TPSA) is 24.1 Å². The van der Waals surface area contributed by atoms with Crippen molar-refractivity contribution in [2.45, 2.75) is 46.1 Å². The summed E-state index contributed by atoms with van der Waals surface area (Å²) in [5.74, 6) is 2.23. The SMILES string of the molecule is CC(C)[C@@H]1CC[C@@H](C)C[C@@H]1NC(=S)Nc1ccccc1. The Bertz CT molecular complexity index is 430. The summed E-state index contributed by atoms with van der Waals surface area (Å²) in [5.41, 5.74) is 1.05. The Morgan fingerprint density at radius 1 is 1.20 bits per heavy atom. The Kier molecular flexibility index (Phi) is 5.41. The summed E-state index contributed by atoms with van der Waals surface area (Å²) in [7, 11) is 0. The zero-order valence-corrected chi connectivity index (χ0v) is 13.5. The molecule has 0 radical (unpaired) electrons. The van der Waals surface area contributed by atoms with Crippen molar-refractivity contribution in [3.63, 3.8) is 0 Å². The number of para-hydroxylation sites is 1.